The van der Waals surface area contributed by atoms with Crippen molar-refractivity contribution in [2.24, 2.45) is 0 Å². The molecule has 0 radical (unpaired) electrons. The number of unbranched alkanes of at least 4 members (excludes halogenated alkanes) is 9. The normalized spacial score (nSPS) is 18.6. The Morgan fingerprint density at radius 1 is 0.789 bits per heavy atom. The van der Waals surface area contributed by atoms with Crippen LogP contribution in [0.25, 0.3) is 0 Å². The third-order valence-electron chi connectivity index (χ3n) is 4.33. The molecule has 0 amide bonds. The Morgan fingerprint density at radius 2 is 1.32 bits per heavy atom. The van der Waals surface area contributed by atoms with E-state index in [4.69, 9.17) is 0 Å². The van der Waals surface area contributed by atoms with Crippen LogP contribution in [0.4, 0.5) is 0 Å². The lowest BCUT2D eigenvalue weighted by molar-refractivity contribution is 0.192. The van der Waals surface area contributed by atoms with Crippen LogP contribution in [0.3, 0.4) is 0 Å². The van der Waals surface area contributed by atoms with Gasteiger partial charge in [0.1, 0.15) is 0 Å². The molecule has 2 nitrogen and oxygen atoms in total. The van der Waals surface area contributed by atoms with Gasteiger partial charge in [-0.2, -0.15) is 0 Å². The van der Waals surface area contributed by atoms with Gasteiger partial charge in [0.05, 0.1) is 6.17 Å². The average Bonchev–Trinajstić information content (AvgIpc) is 2.73. The zero-order valence-electron chi connectivity index (χ0n) is 13.4. The van der Waals surface area contributed by atoms with Crippen molar-refractivity contribution >= 4 is 0 Å². The summed E-state index contributed by atoms with van der Waals surface area (Å²) in [5.41, 5.74) is 0. The van der Waals surface area contributed by atoms with Crippen molar-refractivity contribution in [3.8, 4) is 0 Å². The van der Waals surface area contributed by atoms with Gasteiger partial charge in [-0.15, -0.1) is 0 Å². The van der Waals surface area contributed by atoms with Crippen LogP contribution >= 0.6 is 0 Å². The molecule has 0 spiro atoms. The molecule has 0 saturated heterocycles. The van der Waals surface area contributed by atoms with Gasteiger partial charge in [-0.25, -0.2) is 0 Å². The van der Waals surface area contributed by atoms with Crippen molar-refractivity contribution in [1.82, 2.24) is 9.80 Å². The van der Waals surface area contributed by atoms with Gasteiger partial charge in [0, 0.05) is 26.0 Å². The van der Waals surface area contributed by atoms with Gasteiger partial charge >= 0.3 is 0 Å². The highest BCUT2D eigenvalue weighted by molar-refractivity contribution is 4.93. The maximum atomic E-state index is 2.45. The second-order valence-corrected chi connectivity index (χ2v) is 6.02. The maximum Gasteiger partial charge on any atom is 0.0974 e. The van der Waals surface area contributed by atoms with Crippen molar-refractivity contribution in [2.75, 3.05) is 13.6 Å². The SMILES string of the molecule is CCCCCCCCCCCCN1C=CN(C)C1C. The second-order valence-electron chi connectivity index (χ2n) is 6.02. The number of hydrogen-bond donors (Lipinski definition) is 0. The van der Waals surface area contributed by atoms with Crippen LogP contribution in [-0.4, -0.2) is 29.6 Å². The predicted octanol–water partition coefficient (Wildman–Crippen LogP) is 4.97. The summed E-state index contributed by atoms with van der Waals surface area (Å²) >= 11 is 0. The smallest absolute Gasteiger partial charge is 0.0974 e. The van der Waals surface area contributed by atoms with E-state index in [2.05, 4.69) is 43.1 Å². The van der Waals surface area contributed by atoms with E-state index in [1.165, 1.54) is 70.8 Å². The summed E-state index contributed by atoms with van der Waals surface area (Å²) in [6, 6.07) is 0. The summed E-state index contributed by atoms with van der Waals surface area (Å²) in [5, 5.41) is 0. The Bertz CT molecular complexity index is 237. The minimum absolute atomic E-state index is 0.554. The molecule has 1 heterocycles. The summed E-state index contributed by atoms with van der Waals surface area (Å²) in [4.78, 5) is 4.72. The van der Waals surface area contributed by atoms with Crippen molar-refractivity contribution in [1.29, 1.82) is 0 Å². The molecule has 0 fully saturated rings. The molecular weight excluding hydrogens is 232 g/mol. The van der Waals surface area contributed by atoms with Crippen molar-refractivity contribution in [2.45, 2.75) is 84.2 Å². The van der Waals surface area contributed by atoms with Gasteiger partial charge in [-0.05, 0) is 13.3 Å². The van der Waals surface area contributed by atoms with E-state index in [1.807, 2.05) is 0 Å². The van der Waals surface area contributed by atoms with Gasteiger partial charge in [0.2, 0.25) is 0 Å². The van der Waals surface area contributed by atoms with E-state index in [1.54, 1.807) is 0 Å². The van der Waals surface area contributed by atoms with Crippen LogP contribution in [0.15, 0.2) is 12.4 Å². The highest BCUT2D eigenvalue weighted by atomic mass is 15.4. The molecule has 1 unspecified atom stereocenters. The molecule has 0 aromatic rings. The van der Waals surface area contributed by atoms with E-state index in [0.717, 1.165) is 0 Å². The Balaban J connectivity index is 1.83. The van der Waals surface area contributed by atoms with Crippen molar-refractivity contribution < 1.29 is 0 Å². The first kappa shape index (κ1) is 16.4. The predicted molar refractivity (Wildman–Crippen MR) is 84.9 cm³/mol. The molecule has 1 aliphatic heterocycles. The van der Waals surface area contributed by atoms with E-state index < -0.39 is 0 Å². The molecule has 0 bridgehead atoms. The summed E-state index contributed by atoms with van der Waals surface area (Å²) < 4.78 is 0. The maximum absolute atomic E-state index is 2.45. The Kier molecular flexibility index (Phi) is 8.77. The molecule has 1 aliphatic rings. The fourth-order valence-electron chi connectivity index (χ4n) is 2.72. The summed E-state index contributed by atoms with van der Waals surface area (Å²) in [5.74, 6) is 0. The molecule has 0 saturated carbocycles. The highest BCUT2D eigenvalue weighted by Gasteiger charge is 2.17. The van der Waals surface area contributed by atoms with Crippen LogP contribution < -0.4 is 0 Å². The van der Waals surface area contributed by atoms with Gasteiger partial charge in [0.15, 0.2) is 0 Å². The lowest BCUT2D eigenvalue weighted by Gasteiger charge is -2.26. The molecule has 1 atom stereocenters. The molecule has 2 heteroatoms. The van der Waals surface area contributed by atoms with E-state index in [9.17, 15) is 0 Å². The number of rotatable bonds is 11. The van der Waals surface area contributed by atoms with Crippen LogP contribution in [0.5, 0.6) is 0 Å². The first-order chi connectivity index (χ1) is 9.25. The first-order valence-corrected chi connectivity index (χ1v) is 8.41. The average molecular weight is 266 g/mol. The van der Waals surface area contributed by atoms with E-state index in [0.29, 0.717) is 6.17 Å². The number of nitrogens with zero attached hydrogens (tertiary/aromatic N) is 2. The lowest BCUT2D eigenvalue weighted by Crippen LogP contribution is -2.34. The van der Waals surface area contributed by atoms with Gasteiger partial charge < -0.3 is 9.80 Å². The molecule has 112 valence electrons. The minimum Gasteiger partial charge on any atom is -0.359 e. The second kappa shape index (κ2) is 10.2. The molecule has 0 N–H and O–H groups in total. The summed E-state index contributed by atoms with van der Waals surface area (Å²) in [6.45, 7) is 5.78. The lowest BCUT2D eigenvalue weighted by atomic mass is 10.1. The Labute approximate surface area is 120 Å². The van der Waals surface area contributed by atoms with E-state index >= 15 is 0 Å². The topological polar surface area (TPSA) is 6.48 Å². The molecule has 19 heavy (non-hydrogen) atoms. The summed E-state index contributed by atoms with van der Waals surface area (Å²) in [7, 11) is 2.15. The highest BCUT2D eigenvalue weighted by Crippen LogP contribution is 2.15. The monoisotopic (exact) mass is 266 g/mol. The van der Waals surface area contributed by atoms with Crippen LogP contribution in [0, 0.1) is 0 Å². The van der Waals surface area contributed by atoms with Crippen molar-refractivity contribution in [3.05, 3.63) is 12.4 Å². The molecule has 1 rings (SSSR count). The quantitative estimate of drug-likeness (QED) is 0.487. The van der Waals surface area contributed by atoms with Gasteiger partial charge in [-0.3, -0.25) is 0 Å². The largest absolute Gasteiger partial charge is 0.359 e. The Morgan fingerprint density at radius 3 is 1.79 bits per heavy atom. The zero-order valence-corrected chi connectivity index (χ0v) is 13.4. The minimum atomic E-state index is 0.554. The first-order valence-electron chi connectivity index (χ1n) is 8.41. The van der Waals surface area contributed by atoms with Crippen LogP contribution in [0.1, 0.15) is 78.1 Å². The Hall–Kier alpha value is -0.660. The summed E-state index contributed by atoms with van der Waals surface area (Å²) in [6.07, 6.45) is 19.2. The third-order valence-corrected chi connectivity index (χ3v) is 4.33. The van der Waals surface area contributed by atoms with E-state index in [-0.39, 0.29) is 0 Å². The molecule has 0 aliphatic carbocycles. The molecule has 0 aromatic carbocycles. The van der Waals surface area contributed by atoms with Gasteiger partial charge in [0.25, 0.3) is 0 Å². The number of hydrogen-bond acceptors (Lipinski definition) is 2. The zero-order chi connectivity index (χ0) is 13.9. The standard InChI is InChI=1S/C17H34N2/c1-4-5-6-7-8-9-10-11-12-13-14-19-16-15-18(3)17(19)2/h15-17H,4-14H2,1-3H3. The van der Waals surface area contributed by atoms with Crippen molar-refractivity contribution in [3.63, 3.8) is 0 Å². The third kappa shape index (κ3) is 6.89. The van der Waals surface area contributed by atoms with Crippen LogP contribution in [-0.2, 0) is 0 Å². The molecular formula is C17H34N2. The van der Waals surface area contributed by atoms with Gasteiger partial charge in [-0.1, -0.05) is 64.7 Å². The fourth-order valence-corrected chi connectivity index (χ4v) is 2.72. The fraction of sp³-hybridized carbons (Fsp3) is 0.882. The molecule has 0 aromatic heterocycles. The van der Waals surface area contributed by atoms with Crippen LogP contribution in [0.2, 0.25) is 0 Å².